The number of fused-ring (bicyclic) bond motifs is 1. The minimum absolute atomic E-state index is 0.0614. The molecule has 0 aliphatic carbocycles. The second-order valence-electron chi connectivity index (χ2n) is 8.51. The normalized spacial score (nSPS) is 20.3. The van der Waals surface area contributed by atoms with E-state index in [0.717, 1.165) is 55.9 Å². The number of anilines is 1. The van der Waals surface area contributed by atoms with Gasteiger partial charge in [0.25, 0.3) is 0 Å². The summed E-state index contributed by atoms with van der Waals surface area (Å²) in [5, 5.41) is 13.6. The fourth-order valence-corrected chi connectivity index (χ4v) is 4.18. The number of hydrazone groups is 1. The van der Waals surface area contributed by atoms with Gasteiger partial charge in [0.1, 0.15) is 24.4 Å². The summed E-state index contributed by atoms with van der Waals surface area (Å²) in [5.41, 5.74) is 3.36. The number of carbonyl (C=O) groups excluding carboxylic acids is 1. The summed E-state index contributed by atoms with van der Waals surface area (Å²) < 4.78 is 11.3. The molecule has 0 radical (unpaired) electrons. The number of piperazine rings is 1. The van der Waals surface area contributed by atoms with Crippen molar-refractivity contribution < 1.29 is 14.3 Å². The molecule has 2 fully saturated rings. The monoisotopic (exact) mass is 479 g/mol. The van der Waals surface area contributed by atoms with E-state index in [4.69, 9.17) is 26.4 Å². The van der Waals surface area contributed by atoms with Gasteiger partial charge >= 0.3 is 0 Å². The molecule has 35 heavy (non-hydrogen) atoms. The van der Waals surface area contributed by atoms with Gasteiger partial charge in [-0.2, -0.15) is 10.4 Å². The molecule has 2 aliphatic rings. The van der Waals surface area contributed by atoms with E-state index in [2.05, 4.69) is 28.0 Å². The Morgan fingerprint density at radius 1 is 1.26 bits per heavy atom. The lowest BCUT2D eigenvalue weighted by Gasteiger charge is -2.45. The van der Waals surface area contributed by atoms with Gasteiger partial charge in [-0.05, 0) is 42.4 Å². The molecule has 0 amide bonds. The number of hydrazine groups is 1. The summed E-state index contributed by atoms with van der Waals surface area (Å²) in [6, 6.07) is 15.6. The maximum absolute atomic E-state index is 10.2. The maximum atomic E-state index is 10.2. The summed E-state index contributed by atoms with van der Waals surface area (Å²) in [4.78, 5) is 15.1. The van der Waals surface area contributed by atoms with Gasteiger partial charge in [-0.1, -0.05) is 18.2 Å². The third kappa shape index (κ3) is 7.00. The highest BCUT2D eigenvalue weighted by Crippen LogP contribution is 2.30. The number of carbonyl (C=O) groups is 1. The van der Waals surface area contributed by atoms with Crippen LogP contribution in [0.15, 0.2) is 47.6 Å². The van der Waals surface area contributed by atoms with E-state index in [-0.39, 0.29) is 6.10 Å². The number of aldehydes is 1. The molecule has 2 heterocycles. The van der Waals surface area contributed by atoms with Crippen LogP contribution in [0.4, 0.5) is 5.69 Å². The van der Waals surface area contributed by atoms with Crippen molar-refractivity contribution in [1.82, 2.24) is 9.80 Å². The smallest absolute Gasteiger partial charge is 0.136 e. The highest BCUT2D eigenvalue weighted by atomic mass is 16.5. The maximum Gasteiger partial charge on any atom is 0.136 e. The first kappa shape index (κ1) is 26.1. The predicted octanol–water partition coefficient (Wildman–Crippen LogP) is 1.26. The zero-order chi connectivity index (χ0) is 25.2. The molecular formula is C25H33N7O3. The minimum Gasteiger partial charge on any atom is -0.495 e. The molecule has 2 atom stereocenters. The lowest BCUT2D eigenvalue weighted by Crippen LogP contribution is -2.57. The van der Waals surface area contributed by atoms with Gasteiger partial charge in [0.15, 0.2) is 0 Å². The molecule has 2 aromatic carbocycles. The Morgan fingerprint density at radius 3 is 2.69 bits per heavy atom. The number of benzene rings is 2. The quantitative estimate of drug-likeness (QED) is 0.206. The fraction of sp³-hybridized carbons (Fsp3) is 0.400. The largest absolute Gasteiger partial charge is 0.495 e. The van der Waals surface area contributed by atoms with Crippen LogP contribution in [0.3, 0.4) is 0 Å². The molecule has 0 spiro atoms. The Balaban J connectivity index is 0.000000214. The van der Waals surface area contributed by atoms with E-state index >= 15 is 0 Å². The van der Waals surface area contributed by atoms with Crippen molar-refractivity contribution in [3.05, 3.63) is 59.2 Å². The first-order chi connectivity index (χ1) is 17.0. The van der Waals surface area contributed by atoms with Gasteiger partial charge in [-0.3, -0.25) is 9.91 Å². The van der Waals surface area contributed by atoms with E-state index in [9.17, 15) is 4.79 Å². The molecular weight excluding hydrogens is 446 g/mol. The highest BCUT2D eigenvalue weighted by Gasteiger charge is 2.33. The number of nitrogens with zero attached hydrogens (tertiary/aromatic N) is 5. The number of likely N-dealkylation sites (N-methyl/N-ethyl adjacent to an activating group) is 1. The van der Waals surface area contributed by atoms with Crippen LogP contribution in [0.2, 0.25) is 0 Å². The number of nitrogens with two attached hydrogens (primary N) is 2. The fourth-order valence-electron chi connectivity index (χ4n) is 4.18. The first-order valence-corrected chi connectivity index (χ1v) is 11.4. The lowest BCUT2D eigenvalue weighted by molar-refractivity contribution is -0.107. The zero-order valence-corrected chi connectivity index (χ0v) is 20.2. The molecule has 10 heteroatoms. The third-order valence-electron chi connectivity index (χ3n) is 6.16. The van der Waals surface area contributed by atoms with E-state index in [1.165, 1.54) is 11.3 Å². The predicted molar refractivity (Wildman–Crippen MR) is 135 cm³/mol. The molecule has 0 aromatic heterocycles. The first-order valence-electron chi connectivity index (χ1n) is 11.4. The number of hydrogen-bond acceptors (Lipinski definition) is 9. The Bertz CT molecular complexity index is 1040. The summed E-state index contributed by atoms with van der Waals surface area (Å²) >= 11 is 0. The highest BCUT2D eigenvalue weighted by molar-refractivity contribution is 5.77. The van der Waals surface area contributed by atoms with Gasteiger partial charge in [0.05, 0.1) is 31.1 Å². The number of nitriles is 1. The molecule has 2 aromatic rings. The molecule has 2 saturated heterocycles. The molecule has 186 valence electrons. The van der Waals surface area contributed by atoms with E-state index < -0.39 is 0 Å². The average molecular weight is 480 g/mol. The van der Waals surface area contributed by atoms with Crippen molar-refractivity contribution in [1.29, 1.82) is 5.26 Å². The van der Waals surface area contributed by atoms with E-state index in [1.54, 1.807) is 19.2 Å². The SMILES string of the molecule is COc1cc(C2CN3CCN(C)CC3CO2)ccc1C#N.N/N=C\N(N)c1ccc(CC=O)cc1. The molecule has 10 nitrogen and oxygen atoms in total. The Kier molecular flexibility index (Phi) is 9.57. The van der Waals surface area contributed by atoms with Crippen molar-refractivity contribution in [3.8, 4) is 11.8 Å². The van der Waals surface area contributed by atoms with Crippen molar-refractivity contribution in [2.75, 3.05) is 52.0 Å². The van der Waals surface area contributed by atoms with Crippen LogP contribution in [0.25, 0.3) is 0 Å². The second kappa shape index (κ2) is 12.8. The molecule has 4 N–H and O–H groups in total. The lowest BCUT2D eigenvalue weighted by atomic mass is 10.0. The van der Waals surface area contributed by atoms with Crippen molar-refractivity contribution in [2.24, 2.45) is 16.8 Å². The van der Waals surface area contributed by atoms with Crippen LogP contribution in [0, 0.1) is 11.3 Å². The number of morpholine rings is 1. The van der Waals surface area contributed by atoms with E-state index in [0.29, 0.717) is 23.8 Å². The van der Waals surface area contributed by atoms with Crippen molar-refractivity contribution in [3.63, 3.8) is 0 Å². The summed E-state index contributed by atoms with van der Waals surface area (Å²) in [7, 11) is 3.76. The van der Waals surface area contributed by atoms with Crippen LogP contribution in [-0.2, 0) is 16.0 Å². The Labute approximate surface area is 206 Å². The Morgan fingerprint density at radius 2 is 2.03 bits per heavy atom. The molecule has 2 aliphatic heterocycles. The van der Waals surface area contributed by atoms with Gasteiger partial charge < -0.3 is 25.0 Å². The molecule has 0 saturated carbocycles. The van der Waals surface area contributed by atoms with Crippen molar-refractivity contribution >= 4 is 18.3 Å². The average Bonchev–Trinajstić information content (AvgIpc) is 2.89. The molecule has 0 bridgehead atoms. The summed E-state index contributed by atoms with van der Waals surface area (Å²) in [6.45, 7) is 4.95. The van der Waals surface area contributed by atoms with Gasteiger partial charge in [-0.25, -0.2) is 5.84 Å². The minimum atomic E-state index is 0.0614. The number of rotatable bonds is 6. The third-order valence-corrected chi connectivity index (χ3v) is 6.16. The van der Waals surface area contributed by atoms with Crippen molar-refractivity contribution in [2.45, 2.75) is 18.6 Å². The van der Waals surface area contributed by atoms with Gasteiger partial charge in [0, 0.05) is 38.6 Å². The summed E-state index contributed by atoms with van der Waals surface area (Å²) in [6.07, 6.45) is 2.63. The van der Waals surface area contributed by atoms with Gasteiger partial charge in [-0.15, -0.1) is 0 Å². The van der Waals surface area contributed by atoms with Gasteiger partial charge in [0.2, 0.25) is 0 Å². The number of ether oxygens (including phenoxy) is 2. The number of hydrogen-bond donors (Lipinski definition) is 2. The second-order valence-corrected chi connectivity index (χ2v) is 8.51. The van der Waals surface area contributed by atoms with E-state index in [1.807, 2.05) is 30.3 Å². The van der Waals surface area contributed by atoms with Crippen LogP contribution < -0.4 is 21.4 Å². The van der Waals surface area contributed by atoms with Crippen LogP contribution in [0.1, 0.15) is 22.8 Å². The number of methoxy groups -OCH3 is 1. The van der Waals surface area contributed by atoms with Crippen LogP contribution >= 0.6 is 0 Å². The topological polar surface area (TPSA) is 133 Å². The van der Waals surface area contributed by atoms with Crippen LogP contribution in [0.5, 0.6) is 5.75 Å². The summed E-state index contributed by atoms with van der Waals surface area (Å²) in [5.74, 6) is 11.1. The van der Waals surface area contributed by atoms with Crippen LogP contribution in [-0.4, -0.2) is 75.4 Å². The molecule has 4 rings (SSSR count). The standard InChI is InChI=1S/C16H21N3O2.C9H12N4O/c1-18-5-6-19-10-16(21-11-14(19)9-18)12-3-4-13(8-17)15(7-12)20-2;10-12-7-13(11)9-3-1-8(2-4-9)5-6-14/h3-4,7,14,16H,5-6,9-11H2,1-2H3;1-4,6-7H,5,10-11H2/b;12-7-. The molecule has 2 unspecified atom stereocenters. The zero-order valence-electron chi connectivity index (χ0n) is 20.2. The Hall–Kier alpha value is -3.49.